The molecule has 0 aliphatic carbocycles. The van der Waals surface area contributed by atoms with E-state index in [4.69, 9.17) is 16.3 Å². The highest BCUT2D eigenvalue weighted by molar-refractivity contribution is 9.10. The Hall–Kier alpha value is -0.510. The molecule has 1 radical (unpaired) electrons. The zero-order chi connectivity index (χ0) is 12.4. The summed E-state index contributed by atoms with van der Waals surface area (Å²) < 4.78 is 7.22. The van der Waals surface area contributed by atoms with Crippen LogP contribution in [0.4, 0.5) is 0 Å². The van der Waals surface area contributed by atoms with Crippen molar-refractivity contribution in [3.05, 3.63) is 50.4 Å². The van der Waals surface area contributed by atoms with Gasteiger partial charge in [0, 0.05) is 31.2 Å². The van der Waals surface area contributed by atoms with Gasteiger partial charge in [-0.25, -0.2) is 0 Å². The number of methoxy groups -OCH3 is 1. The van der Waals surface area contributed by atoms with E-state index >= 15 is 0 Å². The third kappa shape index (κ3) is 2.84. The molecule has 0 fully saturated rings. The van der Waals surface area contributed by atoms with Crippen molar-refractivity contribution in [1.29, 1.82) is 0 Å². The van der Waals surface area contributed by atoms with Crippen LogP contribution in [-0.2, 0) is 0 Å². The zero-order valence-corrected chi connectivity index (χ0v) is 12.9. The van der Waals surface area contributed by atoms with Crippen LogP contribution in [0.5, 0.6) is 5.75 Å². The Balaban J connectivity index is 2.66. The third-order valence-corrected chi connectivity index (χ3v) is 3.68. The fourth-order valence-corrected chi connectivity index (χ4v) is 2.51. The molecule has 0 heterocycles. The largest absolute Gasteiger partial charge is 0.495 e. The van der Waals surface area contributed by atoms with E-state index in [1.54, 1.807) is 7.11 Å². The molecule has 0 unspecified atom stereocenters. The molecule has 0 N–H and O–H groups in total. The molecule has 0 aromatic heterocycles. The lowest BCUT2D eigenvalue weighted by Gasteiger charge is -2.10. The van der Waals surface area contributed by atoms with E-state index < -0.39 is 0 Å². The minimum Gasteiger partial charge on any atom is -0.495 e. The van der Waals surface area contributed by atoms with Crippen LogP contribution in [0.3, 0.4) is 0 Å². The summed E-state index contributed by atoms with van der Waals surface area (Å²) in [7, 11) is 1.63. The summed E-state index contributed by atoms with van der Waals surface area (Å²) in [5.74, 6) is 0.691. The van der Waals surface area contributed by atoms with Crippen LogP contribution >= 0.6 is 43.5 Å². The summed E-state index contributed by atoms with van der Waals surface area (Å²) >= 11 is 13.0. The second kappa shape index (κ2) is 5.42. The topological polar surface area (TPSA) is 9.23 Å². The van der Waals surface area contributed by atoms with Crippen LogP contribution in [0.2, 0.25) is 5.02 Å². The average molecular weight is 375 g/mol. The minimum absolute atomic E-state index is 0.685. The van der Waals surface area contributed by atoms with Crippen molar-refractivity contribution in [3.63, 3.8) is 0 Å². The van der Waals surface area contributed by atoms with Gasteiger partial charge in [0.1, 0.15) is 5.75 Å². The number of hydrogen-bond donors (Lipinski definition) is 0. The molecule has 0 spiro atoms. The Labute approximate surface area is 122 Å². The van der Waals surface area contributed by atoms with Gasteiger partial charge in [0.25, 0.3) is 0 Å². The van der Waals surface area contributed by atoms with Crippen molar-refractivity contribution < 1.29 is 4.74 Å². The lowest BCUT2D eigenvalue weighted by Crippen LogP contribution is -1.89. The number of hydrogen-bond acceptors (Lipinski definition) is 1. The quantitative estimate of drug-likeness (QED) is 0.688. The van der Waals surface area contributed by atoms with Crippen molar-refractivity contribution in [2.24, 2.45) is 0 Å². The van der Waals surface area contributed by atoms with E-state index in [1.807, 2.05) is 30.3 Å². The van der Waals surface area contributed by atoms with Crippen LogP contribution in [-0.4, -0.2) is 7.11 Å². The predicted molar refractivity (Wildman–Crippen MR) is 77.7 cm³/mol. The highest BCUT2D eigenvalue weighted by atomic mass is 79.9. The molecule has 0 saturated carbocycles. The highest BCUT2D eigenvalue weighted by Gasteiger charge is 2.10. The van der Waals surface area contributed by atoms with Gasteiger partial charge in [0.05, 0.1) is 7.11 Å². The van der Waals surface area contributed by atoms with Crippen LogP contribution in [0.25, 0.3) is 11.1 Å². The molecule has 0 atom stereocenters. The third-order valence-electron chi connectivity index (χ3n) is 2.29. The first-order valence-corrected chi connectivity index (χ1v) is 6.79. The maximum Gasteiger partial charge on any atom is 0.134 e. The van der Waals surface area contributed by atoms with E-state index in [0.717, 1.165) is 20.1 Å². The summed E-state index contributed by atoms with van der Waals surface area (Å²) in [6, 6.07) is 12.5. The first-order chi connectivity index (χ1) is 8.11. The van der Waals surface area contributed by atoms with Crippen molar-refractivity contribution in [2.45, 2.75) is 0 Å². The maximum absolute atomic E-state index is 6.02. The highest BCUT2D eigenvalue weighted by Crippen LogP contribution is 2.37. The summed E-state index contributed by atoms with van der Waals surface area (Å²) in [5.41, 5.74) is 1.92. The van der Waals surface area contributed by atoms with Gasteiger partial charge in [-0.3, -0.25) is 0 Å². The first-order valence-electron chi connectivity index (χ1n) is 4.82. The van der Waals surface area contributed by atoms with Gasteiger partial charge in [-0.05, 0) is 30.3 Å². The summed E-state index contributed by atoms with van der Waals surface area (Å²) in [6.07, 6.45) is 0. The predicted octanol–water partition coefficient (Wildman–Crippen LogP) is 5.34. The van der Waals surface area contributed by atoms with Crippen LogP contribution < -0.4 is 4.74 Å². The van der Waals surface area contributed by atoms with E-state index in [-0.39, 0.29) is 0 Å². The van der Waals surface area contributed by atoms with Gasteiger partial charge in [0.15, 0.2) is 0 Å². The Morgan fingerprint density at radius 1 is 1.18 bits per heavy atom. The second-order valence-corrected chi connectivity index (χ2v) is 5.60. The minimum atomic E-state index is 0.685. The molecule has 0 aliphatic heterocycles. The molecule has 2 aromatic carbocycles. The zero-order valence-electron chi connectivity index (χ0n) is 8.93. The summed E-state index contributed by atoms with van der Waals surface area (Å²) in [4.78, 5) is 0. The van der Waals surface area contributed by atoms with Crippen LogP contribution in [0, 0.1) is 6.07 Å². The Kier molecular flexibility index (Phi) is 4.13. The molecular weight excluding hydrogens is 367 g/mol. The van der Waals surface area contributed by atoms with Gasteiger partial charge in [0.2, 0.25) is 0 Å². The van der Waals surface area contributed by atoms with Gasteiger partial charge in [-0.2, -0.15) is 0 Å². The number of halogens is 3. The van der Waals surface area contributed by atoms with E-state index in [0.29, 0.717) is 10.8 Å². The SMILES string of the molecule is COc1[c]cc(Br)cc1-c1cc(Cl)ccc1Br. The van der Waals surface area contributed by atoms with E-state index in [9.17, 15) is 0 Å². The van der Waals surface area contributed by atoms with Crippen LogP contribution in [0.1, 0.15) is 0 Å². The normalized spacial score (nSPS) is 10.4. The Morgan fingerprint density at radius 3 is 2.65 bits per heavy atom. The number of rotatable bonds is 2. The number of benzene rings is 2. The molecule has 2 aromatic rings. The Bertz CT molecular complexity index is 555. The summed E-state index contributed by atoms with van der Waals surface area (Å²) in [6.45, 7) is 0. The molecule has 0 bridgehead atoms. The molecule has 0 amide bonds. The molecule has 17 heavy (non-hydrogen) atoms. The average Bonchev–Trinajstić information content (AvgIpc) is 2.32. The van der Waals surface area contributed by atoms with Gasteiger partial charge in [-0.1, -0.05) is 43.5 Å². The lowest BCUT2D eigenvalue weighted by atomic mass is 10.0. The van der Waals surface area contributed by atoms with Crippen molar-refractivity contribution in [1.82, 2.24) is 0 Å². The molecule has 2 rings (SSSR count). The molecule has 1 nitrogen and oxygen atoms in total. The Morgan fingerprint density at radius 2 is 1.94 bits per heavy atom. The molecule has 87 valence electrons. The summed E-state index contributed by atoms with van der Waals surface area (Å²) in [5, 5.41) is 0.685. The second-order valence-electron chi connectivity index (χ2n) is 3.39. The van der Waals surface area contributed by atoms with Gasteiger partial charge in [-0.15, -0.1) is 0 Å². The maximum atomic E-state index is 6.02. The molecule has 4 heteroatoms. The first kappa shape index (κ1) is 12.9. The standard InChI is InChI=1S/C13H8Br2ClO/c1-17-13-5-2-8(14)6-11(13)10-7-9(16)3-4-12(10)15/h2-4,6-7H,1H3. The van der Waals surface area contributed by atoms with Crippen LogP contribution in [0.15, 0.2) is 39.3 Å². The molecular formula is C13H8Br2ClO. The number of ether oxygens (including phenoxy) is 1. The lowest BCUT2D eigenvalue weighted by molar-refractivity contribution is 0.415. The smallest absolute Gasteiger partial charge is 0.134 e. The monoisotopic (exact) mass is 373 g/mol. The molecule has 0 saturated heterocycles. The van der Waals surface area contributed by atoms with Crippen molar-refractivity contribution >= 4 is 43.5 Å². The van der Waals surface area contributed by atoms with E-state index in [2.05, 4.69) is 37.9 Å². The van der Waals surface area contributed by atoms with Crippen molar-refractivity contribution in [2.75, 3.05) is 7.11 Å². The van der Waals surface area contributed by atoms with Gasteiger partial charge >= 0.3 is 0 Å². The van der Waals surface area contributed by atoms with Crippen molar-refractivity contribution in [3.8, 4) is 16.9 Å². The fraction of sp³-hybridized carbons (Fsp3) is 0.0769. The van der Waals surface area contributed by atoms with E-state index in [1.165, 1.54) is 0 Å². The fourth-order valence-electron chi connectivity index (χ4n) is 1.53. The van der Waals surface area contributed by atoms with Gasteiger partial charge < -0.3 is 4.74 Å². The molecule has 0 aliphatic rings.